The standard InChI is InChI=1S/C12H16BrNO2/c1-8(13)12(15)14-9(2)10-4-6-11(16-3)7-5-10/h4-9H,1-3H3,(H,14,15)/t8-,9-/m1/s1. The number of amides is 1. The fourth-order valence-electron chi connectivity index (χ4n) is 1.30. The Morgan fingerprint density at radius 2 is 1.88 bits per heavy atom. The lowest BCUT2D eigenvalue weighted by molar-refractivity contribution is -0.120. The highest BCUT2D eigenvalue weighted by molar-refractivity contribution is 9.10. The lowest BCUT2D eigenvalue weighted by atomic mass is 10.1. The first-order chi connectivity index (χ1) is 7.54. The van der Waals surface area contributed by atoms with Crippen LogP contribution in [0.1, 0.15) is 25.5 Å². The van der Waals surface area contributed by atoms with Crippen LogP contribution in [-0.4, -0.2) is 17.8 Å². The Balaban J connectivity index is 2.65. The molecule has 2 atom stereocenters. The molecule has 0 bridgehead atoms. The number of benzene rings is 1. The van der Waals surface area contributed by atoms with Gasteiger partial charge in [0.05, 0.1) is 18.0 Å². The molecule has 0 saturated carbocycles. The van der Waals surface area contributed by atoms with Crippen molar-refractivity contribution in [3.63, 3.8) is 0 Å². The molecule has 0 spiro atoms. The summed E-state index contributed by atoms with van der Waals surface area (Å²) in [4.78, 5) is 11.3. The summed E-state index contributed by atoms with van der Waals surface area (Å²) in [5, 5.41) is 2.91. The summed E-state index contributed by atoms with van der Waals surface area (Å²) in [6.45, 7) is 3.76. The normalized spacial score (nSPS) is 14.0. The van der Waals surface area contributed by atoms with Gasteiger partial charge in [0.2, 0.25) is 5.91 Å². The van der Waals surface area contributed by atoms with Crippen molar-refractivity contribution in [1.82, 2.24) is 5.32 Å². The van der Waals surface area contributed by atoms with Crippen molar-refractivity contribution in [2.45, 2.75) is 24.7 Å². The summed E-state index contributed by atoms with van der Waals surface area (Å²) in [6.07, 6.45) is 0. The van der Waals surface area contributed by atoms with Gasteiger partial charge in [-0.15, -0.1) is 0 Å². The lowest BCUT2D eigenvalue weighted by Gasteiger charge is -2.15. The van der Waals surface area contributed by atoms with E-state index in [1.807, 2.05) is 31.2 Å². The molecule has 0 radical (unpaired) electrons. The van der Waals surface area contributed by atoms with Gasteiger partial charge in [-0.05, 0) is 31.5 Å². The monoisotopic (exact) mass is 285 g/mol. The van der Waals surface area contributed by atoms with Gasteiger partial charge < -0.3 is 10.1 Å². The predicted molar refractivity (Wildman–Crippen MR) is 67.9 cm³/mol. The van der Waals surface area contributed by atoms with Crippen LogP contribution in [0.25, 0.3) is 0 Å². The highest BCUT2D eigenvalue weighted by Crippen LogP contribution is 2.17. The number of hydrogen-bond acceptors (Lipinski definition) is 2. The van der Waals surface area contributed by atoms with Gasteiger partial charge in [0.15, 0.2) is 0 Å². The van der Waals surface area contributed by atoms with E-state index < -0.39 is 0 Å². The van der Waals surface area contributed by atoms with Crippen molar-refractivity contribution in [3.05, 3.63) is 29.8 Å². The molecule has 3 nitrogen and oxygen atoms in total. The number of nitrogens with one attached hydrogen (secondary N) is 1. The maximum Gasteiger partial charge on any atom is 0.233 e. The van der Waals surface area contributed by atoms with Crippen molar-refractivity contribution >= 4 is 21.8 Å². The van der Waals surface area contributed by atoms with Crippen LogP contribution in [0.4, 0.5) is 0 Å². The van der Waals surface area contributed by atoms with Gasteiger partial charge in [0.1, 0.15) is 5.75 Å². The summed E-state index contributed by atoms with van der Waals surface area (Å²) >= 11 is 3.23. The van der Waals surface area contributed by atoms with E-state index in [9.17, 15) is 4.79 Å². The number of rotatable bonds is 4. The van der Waals surface area contributed by atoms with Crippen LogP contribution in [0.5, 0.6) is 5.75 Å². The van der Waals surface area contributed by atoms with E-state index in [1.54, 1.807) is 14.0 Å². The number of methoxy groups -OCH3 is 1. The number of carbonyl (C=O) groups is 1. The summed E-state index contributed by atoms with van der Waals surface area (Å²) < 4.78 is 5.07. The maximum absolute atomic E-state index is 11.5. The van der Waals surface area contributed by atoms with E-state index in [4.69, 9.17) is 4.74 Å². The number of ether oxygens (including phenoxy) is 1. The first-order valence-electron chi connectivity index (χ1n) is 5.13. The molecule has 0 heterocycles. The minimum atomic E-state index is -0.173. The molecule has 0 saturated heterocycles. The molecule has 0 aliphatic carbocycles. The summed E-state index contributed by atoms with van der Waals surface area (Å²) in [7, 11) is 1.63. The van der Waals surface area contributed by atoms with Gasteiger partial charge in [0.25, 0.3) is 0 Å². The van der Waals surface area contributed by atoms with Crippen LogP contribution >= 0.6 is 15.9 Å². The third-order valence-corrected chi connectivity index (χ3v) is 2.75. The molecular weight excluding hydrogens is 270 g/mol. The Labute approximate surface area is 104 Å². The molecule has 0 unspecified atom stereocenters. The fourth-order valence-corrected chi connectivity index (χ4v) is 1.44. The van der Waals surface area contributed by atoms with E-state index in [2.05, 4.69) is 21.2 Å². The molecular formula is C12H16BrNO2. The van der Waals surface area contributed by atoms with Crippen molar-refractivity contribution in [2.24, 2.45) is 0 Å². The molecule has 88 valence electrons. The SMILES string of the molecule is COc1ccc([C@@H](C)NC(=O)[C@@H](C)Br)cc1. The summed E-state index contributed by atoms with van der Waals surface area (Å²) in [5.74, 6) is 0.805. The van der Waals surface area contributed by atoms with E-state index in [0.29, 0.717) is 0 Å². The van der Waals surface area contributed by atoms with E-state index >= 15 is 0 Å². The molecule has 16 heavy (non-hydrogen) atoms. The number of carbonyl (C=O) groups excluding carboxylic acids is 1. The number of hydrogen-bond donors (Lipinski definition) is 1. The zero-order valence-corrected chi connectivity index (χ0v) is 11.2. The fraction of sp³-hybridized carbons (Fsp3) is 0.417. The van der Waals surface area contributed by atoms with Crippen LogP contribution in [0.3, 0.4) is 0 Å². The van der Waals surface area contributed by atoms with Crippen molar-refractivity contribution in [3.8, 4) is 5.75 Å². The largest absolute Gasteiger partial charge is 0.497 e. The van der Waals surface area contributed by atoms with Gasteiger partial charge in [-0.3, -0.25) is 4.79 Å². The molecule has 1 aromatic carbocycles. The molecule has 0 aliphatic rings. The van der Waals surface area contributed by atoms with Gasteiger partial charge in [-0.25, -0.2) is 0 Å². The van der Waals surface area contributed by atoms with E-state index in [1.165, 1.54) is 0 Å². The predicted octanol–water partition coefficient (Wildman–Crippen LogP) is 2.66. The Kier molecular flexibility index (Phi) is 4.80. The molecule has 0 fully saturated rings. The quantitative estimate of drug-likeness (QED) is 0.864. The van der Waals surface area contributed by atoms with Gasteiger partial charge in [0, 0.05) is 0 Å². The van der Waals surface area contributed by atoms with Crippen LogP contribution < -0.4 is 10.1 Å². The van der Waals surface area contributed by atoms with E-state index in [0.717, 1.165) is 11.3 Å². The maximum atomic E-state index is 11.5. The first-order valence-corrected chi connectivity index (χ1v) is 6.04. The lowest BCUT2D eigenvalue weighted by Crippen LogP contribution is -2.31. The number of halogens is 1. The molecule has 1 aromatic rings. The Hall–Kier alpha value is -1.03. The second-order valence-corrected chi connectivity index (χ2v) is 4.99. The topological polar surface area (TPSA) is 38.3 Å². The molecule has 0 aliphatic heterocycles. The first kappa shape index (κ1) is 13.0. The van der Waals surface area contributed by atoms with Crippen LogP contribution in [-0.2, 0) is 4.79 Å². The van der Waals surface area contributed by atoms with Crippen LogP contribution in [0, 0.1) is 0 Å². The minimum Gasteiger partial charge on any atom is -0.497 e. The van der Waals surface area contributed by atoms with Crippen molar-refractivity contribution < 1.29 is 9.53 Å². The highest BCUT2D eigenvalue weighted by atomic mass is 79.9. The van der Waals surface area contributed by atoms with Gasteiger partial charge >= 0.3 is 0 Å². The molecule has 0 aromatic heterocycles. The van der Waals surface area contributed by atoms with Crippen molar-refractivity contribution in [1.29, 1.82) is 0 Å². The van der Waals surface area contributed by atoms with Crippen LogP contribution in [0.15, 0.2) is 24.3 Å². The number of alkyl halides is 1. The Morgan fingerprint density at radius 1 is 1.31 bits per heavy atom. The smallest absolute Gasteiger partial charge is 0.233 e. The second kappa shape index (κ2) is 5.89. The third kappa shape index (κ3) is 3.52. The Bertz CT molecular complexity index is 349. The average molecular weight is 286 g/mol. The third-order valence-electron chi connectivity index (χ3n) is 2.34. The zero-order valence-electron chi connectivity index (χ0n) is 9.66. The summed E-state index contributed by atoms with van der Waals surface area (Å²) in [5.41, 5.74) is 1.06. The molecule has 1 N–H and O–H groups in total. The molecule has 1 amide bonds. The molecule has 1 rings (SSSR count). The average Bonchev–Trinajstić information content (AvgIpc) is 2.28. The summed E-state index contributed by atoms with van der Waals surface area (Å²) in [6, 6.07) is 7.66. The van der Waals surface area contributed by atoms with Crippen molar-refractivity contribution in [2.75, 3.05) is 7.11 Å². The Morgan fingerprint density at radius 3 is 2.31 bits per heavy atom. The zero-order chi connectivity index (χ0) is 12.1. The molecule has 4 heteroatoms. The highest BCUT2D eigenvalue weighted by Gasteiger charge is 2.13. The minimum absolute atomic E-state index is 0.00148. The van der Waals surface area contributed by atoms with Crippen LogP contribution in [0.2, 0.25) is 0 Å². The van der Waals surface area contributed by atoms with Gasteiger partial charge in [-0.2, -0.15) is 0 Å². The van der Waals surface area contributed by atoms with E-state index in [-0.39, 0.29) is 16.8 Å². The van der Waals surface area contributed by atoms with Gasteiger partial charge in [-0.1, -0.05) is 28.1 Å². The second-order valence-electron chi connectivity index (χ2n) is 3.62.